The minimum absolute atomic E-state index is 0.00131. The van der Waals surface area contributed by atoms with Gasteiger partial charge in [0.15, 0.2) is 5.82 Å². The van der Waals surface area contributed by atoms with Gasteiger partial charge in [0.1, 0.15) is 17.6 Å². The number of thiophene rings is 1. The Morgan fingerprint density at radius 1 is 1.50 bits per heavy atom. The van der Waals surface area contributed by atoms with Crippen LogP contribution in [-0.4, -0.2) is 17.1 Å². The van der Waals surface area contributed by atoms with Gasteiger partial charge < -0.3 is 9.88 Å². The lowest BCUT2D eigenvalue weighted by Crippen LogP contribution is -2.24. The number of halogens is 3. The van der Waals surface area contributed by atoms with Crippen molar-refractivity contribution in [1.29, 1.82) is 5.26 Å². The molecule has 0 fully saturated rings. The summed E-state index contributed by atoms with van der Waals surface area (Å²) in [5, 5.41) is 11.3. The number of nitriles is 1. The Hall–Kier alpha value is -2.24. The third-order valence-corrected chi connectivity index (χ3v) is 4.09. The van der Waals surface area contributed by atoms with Crippen molar-refractivity contribution in [2.75, 3.05) is 12.0 Å². The first-order chi connectivity index (χ1) is 10.5. The predicted octanol–water partition coefficient (Wildman–Crippen LogP) is 2.80. The zero-order valence-corrected chi connectivity index (χ0v) is 12.5. The molecule has 2 aromatic heterocycles. The molecule has 22 heavy (non-hydrogen) atoms. The highest BCUT2D eigenvalue weighted by molar-refractivity contribution is 7.15. The van der Waals surface area contributed by atoms with Gasteiger partial charge in [-0.05, 0) is 6.07 Å². The number of amides is 1. The van der Waals surface area contributed by atoms with Crippen LogP contribution in [0.25, 0.3) is 0 Å². The van der Waals surface area contributed by atoms with E-state index in [2.05, 4.69) is 5.32 Å². The zero-order chi connectivity index (χ0) is 16.3. The summed E-state index contributed by atoms with van der Waals surface area (Å²) >= 11 is 6.65. The van der Waals surface area contributed by atoms with E-state index in [9.17, 15) is 18.4 Å². The van der Waals surface area contributed by atoms with E-state index in [4.69, 9.17) is 16.9 Å². The molecule has 2 aromatic rings. The van der Waals surface area contributed by atoms with E-state index in [-0.39, 0.29) is 27.0 Å². The van der Waals surface area contributed by atoms with E-state index < -0.39 is 24.0 Å². The minimum atomic E-state index is -1.10. The Kier molecular flexibility index (Phi) is 4.90. The second kappa shape index (κ2) is 6.68. The number of hydrogen-bond donors (Lipinski definition) is 1. The van der Waals surface area contributed by atoms with Crippen LogP contribution < -0.4 is 10.9 Å². The van der Waals surface area contributed by atoms with E-state index in [1.807, 2.05) is 6.07 Å². The summed E-state index contributed by atoms with van der Waals surface area (Å²) in [6.45, 7) is -1.16. The van der Waals surface area contributed by atoms with Gasteiger partial charge in [0.25, 0.3) is 11.5 Å². The molecule has 5 nitrogen and oxygen atoms in total. The first kappa shape index (κ1) is 16.1. The largest absolute Gasteiger partial charge is 0.320 e. The Morgan fingerprint density at radius 2 is 2.23 bits per heavy atom. The lowest BCUT2D eigenvalue weighted by molar-refractivity contribution is 0.103. The Labute approximate surface area is 132 Å². The number of hydrogen-bond acceptors (Lipinski definition) is 4. The third kappa shape index (κ3) is 3.32. The van der Waals surface area contributed by atoms with Crippen LogP contribution in [0, 0.1) is 17.1 Å². The van der Waals surface area contributed by atoms with Crippen molar-refractivity contribution in [3.8, 4) is 6.07 Å². The molecule has 2 heterocycles. The van der Waals surface area contributed by atoms with Gasteiger partial charge in [0, 0.05) is 12.3 Å². The number of aryl methyl sites for hydroxylation is 1. The molecule has 0 aromatic carbocycles. The van der Waals surface area contributed by atoms with Crippen LogP contribution >= 0.6 is 22.9 Å². The summed E-state index contributed by atoms with van der Waals surface area (Å²) < 4.78 is 26.6. The van der Waals surface area contributed by atoms with E-state index in [1.165, 1.54) is 6.07 Å². The average Bonchev–Trinajstić information content (AvgIpc) is 2.85. The fourth-order valence-corrected chi connectivity index (χ4v) is 2.75. The number of anilines is 1. The highest BCUT2D eigenvalue weighted by atomic mass is 35.5. The lowest BCUT2D eigenvalue weighted by Gasteiger charge is -2.08. The SMILES string of the molecule is N#Cc1sc(C(=O)Nc2cc(F)c(=O)n(CCF)c2)cc1Cl. The molecule has 0 saturated carbocycles. The van der Waals surface area contributed by atoms with Crippen molar-refractivity contribution in [1.82, 2.24) is 4.57 Å². The molecule has 0 aliphatic heterocycles. The number of carbonyl (C=O) groups excluding carboxylic acids is 1. The van der Waals surface area contributed by atoms with E-state index in [1.54, 1.807) is 0 Å². The average molecular weight is 344 g/mol. The maximum Gasteiger partial charge on any atom is 0.286 e. The predicted molar refractivity (Wildman–Crippen MR) is 78.6 cm³/mol. The van der Waals surface area contributed by atoms with E-state index in [0.29, 0.717) is 0 Å². The molecular formula is C13H8ClF2N3O2S. The molecule has 9 heteroatoms. The molecule has 0 aliphatic carbocycles. The lowest BCUT2D eigenvalue weighted by atomic mass is 10.3. The standard InChI is InChI=1S/C13H8ClF2N3O2S/c14-8-4-10(22-11(8)5-17)12(20)18-7-3-9(16)13(21)19(6-7)2-1-15/h3-4,6H,1-2H2,(H,18,20). The fraction of sp³-hybridized carbons (Fsp3) is 0.154. The maximum absolute atomic E-state index is 13.5. The van der Waals surface area contributed by atoms with Crippen molar-refractivity contribution in [3.05, 3.63) is 49.3 Å². The third-order valence-electron chi connectivity index (χ3n) is 2.64. The molecule has 2 rings (SSSR count). The quantitative estimate of drug-likeness (QED) is 0.927. The molecule has 0 bridgehead atoms. The van der Waals surface area contributed by atoms with Crippen LogP contribution in [0.1, 0.15) is 14.5 Å². The van der Waals surface area contributed by atoms with Crippen LogP contribution in [0.3, 0.4) is 0 Å². The molecule has 0 atom stereocenters. The number of nitrogens with zero attached hydrogens (tertiary/aromatic N) is 2. The van der Waals surface area contributed by atoms with E-state index >= 15 is 0 Å². The zero-order valence-electron chi connectivity index (χ0n) is 10.9. The number of carbonyl (C=O) groups is 1. The Balaban J connectivity index is 2.28. The molecular weight excluding hydrogens is 336 g/mol. The highest BCUT2D eigenvalue weighted by Gasteiger charge is 2.15. The van der Waals surface area contributed by atoms with Crippen LogP contribution in [0.5, 0.6) is 0 Å². The van der Waals surface area contributed by atoms with Crippen LogP contribution in [-0.2, 0) is 6.54 Å². The molecule has 114 valence electrons. The number of pyridine rings is 1. The number of rotatable bonds is 4. The second-order valence-corrected chi connectivity index (χ2v) is 5.58. The van der Waals surface area contributed by atoms with Gasteiger partial charge in [-0.25, -0.2) is 8.78 Å². The van der Waals surface area contributed by atoms with Crippen LogP contribution in [0.4, 0.5) is 14.5 Å². The van der Waals surface area contributed by atoms with Gasteiger partial charge in [0.2, 0.25) is 0 Å². The van der Waals surface area contributed by atoms with Gasteiger partial charge in [-0.15, -0.1) is 11.3 Å². The maximum atomic E-state index is 13.5. The topological polar surface area (TPSA) is 74.9 Å². The summed E-state index contributed by atoms with van der Waals surface area (Å²) in [5.74, 6) is -1.72. The molecule has 0 unspecified atom stereocenters. The van der Waals surface area contributed by atoms with Gasteiger partial charge in [-0.2, -0.15) is 5.26 Å². The summed E-state index contributed by atoms with van der Waals surface area (Å²) in [6, 6.07) is 3.99. The van der Waals surface area contributed by atoms with E-state index in [0.717, 1.165) is 28.2 Å². The summed E-state index contributed by atoms with van der Waals surface area (Å²) in [7, 11) is 0. The minimum Gasteiger partial charge on any atom is -0.320 e. The second-order valence-electron chi connectivity index (χ2n) is 4.12. The normalized spacial score (nSPS) is 10.3. The molecule has 0 radical (unpaired) electrons. The Morgan fingerprint density at radius 3 is 2.82 bits per heavy atom. The molecule has 0 spiro atoms. The Bertz CT molecular complexity index is 826. The molecule has 0 aliphatic rings. The monoisotopic (exact) mass is 343 g/mol. The first-order valence-electron chi connectivity index (χ1n) is 5.93. The van der Waals surface area contributed by atoms with Crippen molar-refractivity contribution >= 4 is 34.5 Å². The first-order valence-corrected chi connectivity index (χ1v) is 7.12. The molecule has 1 amide bonds. The number of alkyl halides is 1. The van der Waals surface area contributed by atoms with Crippen LogP contribution in [0.2, 0.25) is 5.02 Å². The smallest absolute Gasteiger partial charge is 0.286 e. The van der Waals surface area contributed by atoms with Crippen molar-refractivity contribution in [2.24, 2.45) is 0 Å². The van der Waals surface area contributed by atoms with Crippen LogP contribution in [0.15, 0.2) is 23.1 Å². The molecule has 0 saturated heterocycles. The number of nitrogens with one attached hydrogen (secondary N) is 1. The summed E-state index contributed by atoms with van der Waals surface area (Å²) in [5.41, 5.74) is -0.972. The van der Waals surface area contributed by atoms with Gasteiger partial charge in [-0.1, -0.05) is 11.6 Å². The summed E-state index contributed by atoms with van der Waals surface area (Å²) in [6.07, 6.45) is 1.14. The van der Waals surface area contributed by atoms with Crippen molar-refractivity contribution in [2.45, 2.75) is 6.54 Å². The van der Waals surface area contributed by atoms with Crippen molar-refractivity contribution in [3.63, 3.8) is 0 Å². The van der Waals surface area contributed by atoms with Gasteiger partial charge in [-0.3, -0.25) is 9.59 Å². The number of aromatic nitrogens is 1. The van der Waals surface area contributed by atoms with Gasteiger partial charge in [0.05, 0.1) is 22.1 Å². The van der Waals surface area contributed by atoms with Crippen molar-refractivity contribution < 1.29 is 13.6 Å². The molecule has 1 N–H and O–H groups in total. The van der Waals surface area contributed by atoms with Gasteiger partial charge >= 0.3 is 0 Å². The fourth-order valence-electron chi connectivity index (χ4n) is 1.67. The highest BCUT2D eigenvalue weighted by Crippen LogP contribution is 2.26. The summed E-state index contributed by atoms with van der Waals surface area (Å²) in [4.78, 5) is 23.8.